The monoisotopic (exact) mass is 183 g/mol. The largest absolute Gasteiger partial charge is 0.289 e. The van der Waals surface area contributed by atoms with Crippen molar-refractivity contribution in [3.63, 3.8) is 0 Å². The number of hydrogen-bond donors (Lipinski definition) is 0. The van der Waals surface area contributed by atoms with E-state index in [9.17, 15) is 4.79 Å². The van der Waals surface area contributed by atoms with Gasteiger partial charge in [-0.25, -0.2) is 0 Å². The van der Waals surface area contributed by atoms with E-state index in [0.717, 1.165) is 10.8 Å². The minimum atomic E-state index is -0.0539. The molecule has 68 valence electrons. The van der Waals surface area contributed by atoms with Gasteiger partial charge in [-0.1, -0.05) is 24.8 Å². The topological polar surface area (TPSA) is 30.0 Å². The Morgan fingerprint density at radius 3 is 3.00 bits per heavy atom. The van der Waals surface area contributed by atoms with E-state index in [0.29, 0.717) is 5.56 Å². The van der Waals surface area contributed by atoms with Crippen molar-refractivity contribution < 1.29 is 4.79 Å². The lowest BCUT2D eigenvalue weighted by Crippen LogP contribution is -1.94. The van der Waals surface area contributed by atoms with E-state index in [1.54, 1.807) is 18.5 Å². The third kappa shape index (κ3) is 1.31. The Labute approximate surface area is 81.9 Å². The average Bonchev–Trinajstić information content (AvgIpc) is 2.27. The summed E-state index contributed by atoms with van der Waals surface area (Å²) in [6.07, 6.45) is 4.76. The molecule has 0 radical (unpaired) electrons. The van der Waals surface area contributed by atoms with Crippen molar-refractivity contribution in [3.8, 4) is 0 Å². The zero-order valence-electron chi connectivity index (χ0n) is 7.60. The molecule has 0 atom stereocenters. The van der Waals surface area contributed by atoms with Crippen LogP contribution in [-0.4, -0.2) is 10.8 Å². The number of rotatable bonds is 2. The number of pyridine rings is 1. The second kappa shape index (κ2) is 3.42. The van der Waals surface area contributed by atoms with Gasteiger partial charge in [0.2, 0.25) is 0 Å². The van der Waals surface area contributed by atoms with Gasteiger partial charge in [0.1, 0.15) is 0 Å². The quantitative estimate of drug-likeness (QED) is 0.529. The van der Waals surface area contributed by atoms with E-state index in [1.165, 1.54) is 6.08 Å². The Morgan fingerprint density at radius 1 is 1.36 bits per heavy atom. The highest BCUT2D eigenvalue weighted by Crippen LogP contribution is 2.17. The van der Waals surface area contributed by atoms with Crippen LogP contribution in [0.25, 0.3) is 10.8 Å². The van der Waals surface area contributed by atoms with Gasteiger partial charge in [-0.05, 0) is 17.5 Å². The molecule has 0 fully saturated rings. The predicted molar refractivity (Wildman–Crippen MR) is 56.3 cm³/mol. The summed E-state index contributed by atoms with van der Waals surface area (Å²) in [4.78, 5) is 15.5. The van der Waals surface area contributed by atoms with Crippen LogP contribution in [0.2, 0.25) is 0 Å². The number of aromatic nitrogens is 1. The van der Waals surface area contributed by atoms with Gasteiger partial charge < -0.3 is 0 Å². The van der Waals surface area contributed by atoms with Crippen molar-refractivity contribution >= 4 is 16.6 Å². The Hall–Kier alpha value is -1.96. The van der Waals surface area contributed by atoms with Crippen molar-refractivity contribution in [2.24, 2.45) is 0 Å². The van der Waals surface area contributed by atoms with Gasteiger partial charge in [-0.2, -0.15) is 0 Å². The Balaban J connectivity index is 2.77. The Kier molecular flexibility index (Phi) is 2.11. The van der Waals surface area contributed by atoms with E-state index >= 15 is 0 Å². The smallest absolute Gasteiger partial charge is 0.185 e. The van der Waals surface area contributed by atoms with Crippen LogP contribution in [-0.2, 0) is 0 Å². The molecule has 2 heteroatoms. The fourth-order valence-electron chi connectivity index (χ4n) is 1.45. The summed E-state index contributed by atoms with van der Waals surface area (Å²) in [6.45, 7) is 3.48. The van der Waals surface area contributed by atoms with Crippen LogP contribution in [0.1, 0.15) is 10.4 Å². The number of fused-ring (bicyclic) bond motifs is 1. The highest BCUT2D eigenvalue weighted by atomic mass is 16.1. The molecule has 0 aliphatic carbocycles. The second-order valence-electron chi connectivity index (χ2n) is 2.97. The van der Waals surface area contributed by atoms with Crippen molar-refractivity contribution in [3.05, 3.63) is 54.9 Å². The first-order chi connectivity index (χ1) is 6.83. The number of allylic oxidation sites excluding steroid dienone is 1. The van der Waals surface area contributed by atoms with Crippen molar-refractivity contribution in [1.82, 2.24) is 4.98 Å². The van der Waals surface area contributed by atoms with Crippen LogP contribution in [0.5, 0.6) is 0 Å². The molecule has 1 heterocycles. The van der Waals surface area contributed by atoms with Crippen LogP contribution in [0, 0.1) is 0 Å². The van der Waals surface area contributed by atoms with E-state index in [1.807, 2.05) is 18.2 Å². The van der Waals surface area contributed by atoms with E-state index in [4.69, 9.17) is 0 Å². The SMILES string of the molecule is C=CC(=O)c1cccc2cnccc12. The highest BCUT2D eigenvalue weighted by Gasteiger charge is 2.05. The molecule has 0 spiro atoms. The lowest BCUT2D eigenvalue weighted by atomic mass is 10.0. The number of carbonyl (C=O) groups excluding carboxylic acids is 1. The molecule has 2 nitrogen and oxygen atoms in total. The van der Waals surface area contributed by atoms with Crippen LogP contribution >= 0.6 is 0 Å². The van der Waals surface area contributed by atoms with Crippen molar-refractivity contribution in [2.75, 3.05) is 0 Å². The van der Waals surface area contributed by atoms with Gasteiger partial charge in [0.25, 0.3) is 0 Å². The predicted octanol–water partition coefficient (Wildman–Crippen LogP) is 2.60. The van der Waals surface area contributed by atoms with Crippen LogP contribution in [0.15, 0.2) is 49.3 Å². The molecule has 2 rings (SSSR count). The number of nitrogens with zero attached hydrogens (tertiary/aromatic N) is 1. The number of carbonyl (C=O) groups is 1. The maximum atomic E-state index is 11.5. The molecule has 14 heavy (non-hydrogen) atoms. The van der Waals surface area contributed by atoms with Crippen molar-refractivity contribution in [2.45, 2.75) is 0 Å². The minimum Gasteiger partial charge on any atom is -0.289 e. The average molecular weight is 183 g/mol. The summed E-state index contributed by atoms with van der Waals surface area (Å²) < 4.78 is 0. The van der Waals surface area contributed by atoms with Gasteiger partial charge in [-0.3, -0.25) is 9.78 Å². The molecule has 0 saturated carbocycles. The fourth-order valence-corrected chi connectivity index (χ4v) is 1.45. The van der Waals surface area contributed by atoms with E-state index < -0.39 is 0 Å². The molecule has 0 bridgehead atoms. The maximum Gasteiger partial charge on any atom is 0.185 e. The van der Waals surface area contributed by atoms with Crippen LogP contribution < -0.4 is 0 Å². The first-order valence-electron chi connectivity index (χ1n) is 4.32. The Bertz CT molecular complexity index is 497. The summed E-state index contributed by atoms with van der Waals surface area (Å²) in [6, 6.07) is 7.42. The van der Waals surface area contributed by atoms with Crippen LogP contribution in [0.4, 0.5) is 0 Å². The molecule has 1 aromatic carbocycles. The minimum absolute atomic E-state index is 0.0539. The third-order valence-corrected chi connectivity index (χ3v) is 2.13. The van der Waals surface area contributed by atoms with Gasteiger partial charge in [0.15, 0.2) is 5.78 Å². The molecule has 0 N–H and O–H groups in total. The number of ketones is 1. The Morgan fingerprint density at radius 2 is 2.21 bits per heavy atom. The van der Waals surface area contributed by atoms with Crippen LogP contribution in [0.3, 0.4) is 0 Å². The molecular formula is C12H9NO. The van der Waals surface area contributed by atoms with Gasteiger partial charge in [-0.15, -0.1) is 0 Å². The first kappa shape index (κ1) is 8.63. The zero-order chi connectivity index (χ0) is 9.97. The molecule has 0 aliphatic rings. The highest BCUT2D eigenvalue weighted by molar-refractivity contribution is 6.12. The summed E-state index contributed by atoms with van der Waals surface area (Å²) in [7, 11) is 0. The van der Waals surface area contributed by atoms with E-state index in [2.05, 4.69) is 11.6 Å². The molecular weight excluding hydrogens is 174 g/mol. The van der Waals surface area contributed by atoms with Gasteiger partial charge in [0, 0.05) is 23.3 Å². The number of hydrogen-bond acceptors (Lipinski definition) is 2. The lowest BCUT2D eigenvalue weighted by Gasteiger charge is -2.01. The van der Waals surface area contributed by atoms with E-state index in [-0.39, 0.29) is 5.78 Å². The summed E-state index contributed by atoms with van der Waals surface area (Å²) in [5.74, 6) is -0.0539. The first-order valence-corrected chi connectivity index (χ1v) is 4.32. The molecule has 0 aliphatic heterocycles. The standard InChI is InChI=1S/C12H9NO/c1-2-12(14)11-5-3-4-9-8-13-7-6-10(9)11/h2-8H,1H2. The molecule has 2 aromatic rings. The normalized spacial score (nSPS) is 10.0. The summed E-state index contributed by atoms with van der Waals surface area (Å²) >= 11 is 0. The summed E-state index contributed by atoms with van der Waals surface area (Å²) in [5, 5.41) is 1.90. The van der Waals surface area contributed by atoms with Gasteiger partial charge >= 0.3 is 0 Å². The third-order valence-electron chi connectivity index (χ3n) is 2.13. The zero-order valence-corrected chi connectivity index (χ0v) is 7.60. The lowest BCUT2D eigenvalue weighted by molar-refractivity contribution is 0.104. The maximum absolute atomic E-state index is 11.5. The molecule has 0 amide bonds. The number of benzene rings is 1. The van der Waals surface area contributed by atoms with Gasteiger partial charge in [0.05, 0.1) is 0 Å². The van der Waals surface area contributed by atoms with Crippen molar-refractivity contribution in [1.29, 1.82) is 0 Å². The molecule has 1 aromatic heterocycles. The second-order valence-corrected chi connectivity index (χ2v) is 2.97. The fraction of sp³-hybridized carbons (Fsp3) is 0. The molecule has 0 unspecified atom stereocenters. The molecule has 0 saturated heterocycles. The summed E-state index contributed by atoms with van der Waals surface area (Å²) in [5.41, 5.74) is 0.680.